The molecule has 2 rings (SSSR count). The van der Waals surface area contributed by atoms with Gasteiger partial charge in [-0.05, 0) is 18.6 Å². The number of nitrogens with zero attached hydrogens (tertiary/aromatic N) is 2. The number of amides is 1. The molecule has 1 amide bonds. The molecule has 0 radical (unpaired) electrons. The minimum Gasteiger partial charge on any atom is -0.476 e. The second kappa shape index (κ2) is 4.83. The van der Waals surface area contributed by atoms with Crippen molar-refractivity contribution in [2.24, 2.45) is 5.10 Å². The summed E-state index contributed by atoms with van der Waals surface area (Å²) in [7, 11) is 0. The lowest BCUT2D eigenvalue weighted by atomic mass is 10.1. The average Bonchev–Trinajstić information content (AvgIpc) is 2.69. The lowest BCUT2D eigenvalue weighted by molar-refractivity contribution is -0.129. The van der Waals surface area contributed by atoms with Crippen molar-refractivity contribution >= 4 is 23.3 Å². The summed E-state index contributed by atoms with van der Waals surface area (Å²) in [5.74, 6) is -1.60. The zero-order valence-electron chi connectivity index (χ0n) is 9.83. The quantitative estimate of drug-likeness (QED) is 0.824. The Morgan fingerprint density at radius 2 is 2.06 bits per heavy atom. The zero-order valence-corrected chi connectivity index (χ0v) is 9.83. The van der Waals surface area contributed by atoms with Gasteiger partial charge in [0, 0.05) is 0 Å². The van der Waals surface area contributed by atoms with E-state index in [0.29, 0.717) is 12.1 Å². The molecule has 92 valence electrons. The number of hydrogen-bond acceptors (Lipinski definition) is 3. The van der Waals surface area contributed by atoms with Gasteiger partial charge >= 0.3 is 5.97 Å². The van der Waals surface area contributed by atoms with E-state index in [2.05, 4.69) is 5.10 Å². The predicted molar refractivity (Wildman–Crippen MR) is 67.4 cm³/mol. The standard InChI is InChI=1S/C13H12N2O3/c1-2-6-10-11(13(17)18)14-15(12(10)16)9-7-4-3-5-8-9/h3-8H,2H2,1H3,(H,17,18)/b10-6-. The first-order valence-corrected chi connectivity index (χ1v) is 5.57. The van der Waals surface area contributed by atoms with Gasteiger partial charge in [0.25, 0.3) is 5.91 Å². The lowest BCUT2D eigenvalue weighted by Crippen LogP contribution is -2.22. The van der Waals surface area contributed by atoms with Crippen LogP contribution in [0.3, 0.4) is 0 Å². The SMILES string of the molecule is CC/C=C1\C(=O)N(c2ccccc2)N=C1C(=O)O. The maximum atomic E-state index is 12.1. The molecule has 0 saturated heterocycles. The van der Waals surface area contributed by atoms with E-state index in [1.54, 1.807) is 30.3 Å². The molecule has 5 nitrogen and oxygen atoms in total. The molecule has 1 aliphatic heterocycles. The number of para-hydroxylation sites is 1. The molecule has 0 saturated carbocycles. The van der Waals surface area contributed by atoms with Gasteiger partial charge in [0.1, 0.15) is 0 Å². The fourth-order valence-electron chi connectivity index (χ4n) is 1.70. The van der Waals surface area contributed by atoms with Crippen LogP contribution in [0.1, 0.15) is 13.3 Å². The van der Waals surface area contributed by atoms with Gasteiger partial charge in [-0.15, -0.1) is 0 Å². The highest BCUT2D eigenvalue weighted by atomic mass is 16.4. The monoisotopic (exact) mass is 244 g/mol. The predicted octanol–water partition coefficient (Wildman–Crippen LogP) is 1.81. The number of anilines is 1. The molecule has 0 bridgehead atoms. The molecule has 1 N–H and O–H groups in total. The van der Waals surface area contributed by atoms with Crippen molar-refractivity contribution in [2.45, 2.75) is 13.3 Å². The first-order valence-electron chi connectivity index (χ1n) is 5.57. The third-order valence-corrected chi connectivity index (χ3v) is 2.49. The summed E-state index contributed by atoms with van der Waals surface area (Å²) in [5, 5.41) is 14.0. The van der Waals surface area contributed by atoms with Gasteiger partial charge in [-0.25, -0.2) is 4.79 Å². The largest absolute Gasteiger partial charge is 0.476 e. The van der Waals surface area contributed by atoms with Gasteiger partial charge in [0.15, 0.2) is 5.71 Å². The maximum absolute atomic E-state index is 12.1. The molecule has 0 aliphatic carbocycles. The van der Waals surface area contributed by atoms with Crippen molar-refractivity contribution in [2.75, 3.05) is 5.01 Å². The molecule has 0 unspecified atom stereocenters. The van der Waals surface area contributed by atoms with E-state index in [0.717, 1.165) is 5.01 Å². The Morgan fingerprint density at radius 1 is 1.39 bits per heavy atom. The van der Waals surface area contributed by atoms with Gasteiger partial charge in [0.05, 0.1) is 11.3 Å². The minimum atomic E-state index is -1.19. The molecule has 5 heteroatoms. The third-order valence-electron chi connectivity index (χ3n) is 2.49. The summed E-state index contributed by atoms with van der Waals surface area (Å²) in [6.07, 6.45) is 2.16. The molecular weight excluding hydrogens is 232 g/mol. The van der Waals surface area contributed by atoms with Gasteiger partial charge < -0.3 is 5.11 Å². The van der Waals surface area contributed by atoms with E-state index in [-0.39, 0.29) is 11.3 Å². The Kier molecular flexibility index (Phi) is 3.23. The van der Waals surface area contributed by atoms with Crippen molar-refractivity contribution < 1.29 is 14.7 Å². The molecule has 0 fully saturated rings. The molecule has 1 heterocycles. The third kappa shape index (κ3) is 2.02. The van der Waals surface area contributed by atoms with E-state index in [4.69, 9.17) is 5.11 Å². The van der Waals surface area contributed by atoms with Crippen LogP contribution in [0.5, 0.6) is 0 Å². The van der Waals surface area contributed by atoms with Crippen molar-refractivity contribution in [1.82, 2.24) is 0 Å². The highest BCUT2D eigenvalue weighted by Gasteiger charge is 2.34. The van der Waals surface area contributed by atoms with E-state index in [1.165, 1.54) is 0 Å². The smallest absolute Gasteiger partial charge is 0.357 e. The summed E-state index contributed by atoms with van der Waals surface area (Å²) in [6.45, 7) is 1.84. The molecular formula is C13H12N2O3. The second-order valence-corrected chi connectivity index (χ2v) is 3.73. The highest BCUT2D eigenvalue weighted by molar-refractivity contribution is 6.52. The Hall–Kier alpha value is -2.43. The van der Waals surface area contributed by atoms with Crippen LogP contribution in [-0.2, 0) is 9.59 Å². The van der Waals surface area contributed by atoms with Crippen LogP contribution in [0.4, 0.5) is 5.69 Å². The number of carbonyl (C=O) groups excluding carboxylic acids is 1. The van der Waals surface area contributed by atoms with Crippen LogP contribution < -0.4 is 5.01 Å². The van der Waals surface area contributed by atoms with Crippen LogP contribution in [0.2, 0.25) is 0 Å². The topological polar surface area (TPSA) is 70.0 Å². The zero-order chi connectivity index (χ0) is 13.1. The first-order chi connectivity index (χ1) is 8.65. The van der Waals surface area contributed by atoms with Crippen LogP contribution in [0.15, 0.2) is 47.1 Å². The fourth-order valence-corrected chi connectivity index (χ4v) is 1.70. The van der Waals surface area contributed by atoms with Gasteiger partial charge in [-0.1, -0.05) is 31.2 Å². The number of allylic oxidation sites excluding steroid dienone is 1. The highest BCUT2D eigenvalue weighted by Crippen LogP contribution is 2.23. The Morgan fingerprint density at radius 3 is 2.61 bits per heavy atom. The number of carboxylic acids is 1. The van der Waals surface area contributed by atoms with Crippen LogP contribution in [-0.4, -0.2) is 22.7 Å². The number of carbonyl (C=O) groups is 2. The van der Waals surface area contributed by atoms with Crippen LogP contribution in [0, 0.1) is 0 Å². The molecule has 1 aliphatic rings. The minimum absolute atomic E-state index is 0.147. The molecule has 0 atom stereocenters. The van der Waals surface area contributed by atoms with E-state index < -0.39 is 11.9 Å². The van der Waals surface area contributed by atoms with Gasteiger partial charge in [-0.3, -0.25) is 4.79 Å². The normalized spacial score (nSPS) is 17.2. The molecule has 18 heavy (non-hydrogen) atoms. The fraction of sp³-hybridized carbons (Fsp3) is 0.154. The van der Waals surface area contributed by atoms with E-state index in [9.17, 15) is 9.59 Å². The summed E-state index contributed by atoms with van der Waals surface area (Å²) in [5.41, 5.74) is 0.500. The van der Waals surface area contributed by atoms with Gasteiger partial charge in [-0.2, -0.15) is 10.1 Å². The Bertz CT molecular complexity index is 547. The second-order valence-electron chi connectivity index (χ2n) is 3.73. The molecule has 1 aromatic carbocycles. The average molecular weight is 244 g/mol. The number of aliphatic carboxylic acids is 1. The van der Waals surface area contributed by atoms with Crippen molar-refractivity contribution in [3.8, 4) is 0 Å². The summed E-state index contributed by atoms with van der Waals surface area (Å²) >= 11 is 0. The van der Waals surface area contributed by atoms with Crippen LogP contribution >= 0.6 is 0 Å². The lowest BCUT2D eigenvalue weighted by Gasteiger charge is -2.10. The van der Waals surface area contributed by atoms with Crippen molar-refractivity contribution in [3.05, 3.63) is 42.0 Å². The molecule has 0 aromatic heterocycles. The number of carboxylic acid groups (broad SMARTS) is 1. The van der Waals surface area contributed by atoms with Crippen molar-refractivity contribution in [3.63, 3.8) is 0 Å². The number of hydrogen-bond donors (Lipinski definition) is 1. The van der Waals surface area contributed by atoms with E-state index >= 15 is 0 Å². The summed E-state index contributed by atoms with van der Waals surface area (Å²) < 4.78 is 0. The van der Waals surface area contributed by atoms with E-state index in [1.807, 2.05) is 13.0 Å². The van der Waals surface area contributed by atoms with Crippen LogP contribution in [0.25, 0.3) is 0 Å². The summed E-state index contributed by atoms with van der Waals surface area (Å²) in [6, 6.07) is 8.75. The van der Waals surface area contributed by atoms with Gasteiger partial charge in [0.2, 0.25) is 0 Å². The number of benzene rings is 1. The Balaban J connectivity index is 2.44. The number of rotatable bonds is 3. The summed E-state index contributed by atoms with van der Waals surface area (Å²) in [4.78, 5) is 23.1. The Labute approximate surface area is 104 Å². The first kappa shape index (κ1) is 12.0. The maximum Gasteiger partial charge on any atom is 0.357 e. The van der Waals surface area contributed by atoms with Crippen molar-refractivity contribution in [1.29, 1.82) is 0 Å². The number of hydrazone groups is 1. The molecule has 0 spiro atoms. The molecule has 1 aromatic rings.